The predicted molar refractivity (Wildman–Crippen MR) is 352 cm³/mol. The number of ether oxygens (including phenoxy) is 1. The van der Waals surface area contributed by atoms with E-state index in [0.29, 0.717) is 19.4 Å². The van der Waals surface area contributed by atoms with Crippen molar-refractivity contribution in [3.63, 3.8) is 0 Å². The van der Waals surface area contributed by atoms with Gasteiger partial charge in [0.15, 0.2) is 0 Å². The standard InChI is InChI=1S/C74H143NO5/c1-3-5-7-9-11-13-15-17-19-35-40-44-48-52-56-60-64-68-74(79)80-69-65-61-57-53-49-45-41-37-34-32-30-28-26-24-22-20-21-23-25-27-29-31-33-36-39-43-47-51-55-59-63-67-73(78)75-71(70-76)72(77)66-62-58-54-50-46-42-38-18-16-14-12-10-8-6-4-2/h17,19,62,66,71-72,76-77H,3-16,18,20-61,63-65,67-70H2,1-2H3,(H,75,78)/b19-17-,66-62+. The third kappa shape index (κ3) is 65.5. The molecule has 0 spiro atoms. The SMILES string of the molecule is CCCCCCCC/C=C\CCCCCCCCCC(=O)OCCCCCCCCCCCCCCCCCCCCCCCCCCCCCCCCCC(=O)NC(CO)C(O)/C=C/CCCCCCCCCCCCCCC. The number of carbonyl (C=O) groups is 2. The lowest BCUT2D eigenvalue weighted by Gasteiger charge is -2.20. The maximum absolute atomic E-state index is 12.5. The summed E-state index contributed by atoms with van der Waals surface area (Å²) in [4.78, 5) is 24.6. The van der Waals surface area contributed by atoms with Crippen molar-refractivity contribution < 1.29 is 24.5 Å². The third-order valence-electron chi connectivity index (χ3n) is 17.2. The van der Waals surface area contributed by atoms with E-state index in [0.717, 1.165) is 44.9 Å². The van der Waals surface area contributed by atoms with Gasteiger partial charge in [0, 0.05) is 12.8 Å². The number of carbonyl (C=O) groups excluding carboxylic acids is 2. The molecular formula is C74H143NO5. The van der Waals surface area contributed by atoms with E-state index in [9.17, 15) is 19.8 Å². The van der Waals surface area contributed by atoms with Crippen molar-refractivity contribution in [2.24, 2.45) is 0 Å². The fraction of sp³-hybridized carbons (Fsp3) is 0.919. The summed E-state index contributed by atoms with van der Waals surface area (Å²) >= 11 is 0. The fourth-order valence-corrected chi connectivity index (χ4v) is 11.6. The largest absolute Gasteiger partial charge is 0.466 e. The van der Waals surface area contributed by atoms with Crippen LogP contribution in [0.25, 0.3) is 0 Å². The minimum absolute atomic E-state index is 0.0178. The molecule has 0 aliphatic carbocycles. The molecule has 2 unspecified atom stereocenters. The summed E-state index contributed by atoms with van der Waals surface area (Å²) in [5, 5.41) is 23.2. The first-order valence-electron chi connectivity index (χ1n) is 36.6. The molecule has 0 aliphatic heterocycles. The van der Waals surface area contributed by atoms with Crippen LogP contribution in [0.4, 0.5) is 0 Å². The van der Waals surface area contributed by atoms with Crippen LogP contribution in [0.1, 0.15) is 412 Å². The van der Waals surface area contributed by atoms with Crippen molar-refractivity contribution in [1.82, 2.24) is 5.32 Å². The Kier molecular flexibility index (Phi) is 68.4. The topological polar surface area (TPSA) is 95.9 Å². The maximum Gasteiger partial charge on any atom is 0.305 e. The smallest absolute Gasteiger partial charge is 0.305 e. The Balaban J connectivity index is 3.33. The Morgan fingerprint density at radius 2 is 0.588 bits per heavy atom. The molecule has 80 heavy (non-hydrogen) atoms. The lowest BCUT2D eigenvalue weighted by molar-refractivity contribution is -0.143. The van der Waals surface area contributed by atoms with Crippen molar-refractivity contribution in [1.29, 1.82) is 0 Å². The Hall–Kier alpha value is -1.66. The number of amides is 1. The van der Waals surface area contributed by atoms with Crippen LogP contribution in [0.2, 0.25) is 0 Å². The zero-order valence-electron chi connectivity index (χ0n) is 54.3. The van der Waals surface area contributed by atoms with Gasteiger partial charge in [-0.2, -0.15) is 0 Å². The molecule has 0 aromatic heterocycles. The highest BCUT2D eigenvalue weighted by Gasteiger charge is 2.18. The van der Waals surface area contributed by atoms with Crippen LogP contribution in [-0.4, -0.2) is 47.4 Å². The first kappa shape index (κ1) is 78.3. The average Bonchev–Trinajstić information content (AvgIpc) is 3.46. The molecule has 0 saturated heterocycles. The van der Waals surface area contributed by atoms with E-state index in [2.05, 4.69) is 31.3 Å². The van der Waals surface area contributed by atoms with Gasteiger partial charge in [0.2, 0.25) is 5.91 Å². The second kappa shape index (κ2) is 69.8. The summed E-state index contributed by atoms with van der Waals surface area (Å²) in [5.74, 6) is -0.0433. The minimum Gasteiger partial charge on any atom is -0.466 e. The molecule has 3 N–H and O–H groups in total. The van der Waals surface area contributed by atoms with Gasteiger partial charge in [-0.3, -0.25) is 9.59 Å². The van der Waals surface area contributed by atoms with Crippen LogP contribution in [0.3, 0.4) is 0 Å². The third-order valence-corrected chi connectivity index (χ3v) is 17.2. The van der Waals surface area contributed by atoms with Crippen LogP contribution in [0, 0.1) is 0 Å². The second-order valence-electron chi connectivity index (χ2n) is 25.3. The zero-order valence-corrected chi connectivity index (χ0v) is 54.3. The number of esters is 1. The highest BCUT2D eigenvalue weighted by Crippen LogP contribution is 2.19. The fourth-order valence-electron chi connectivity index (χ4n) is 11.6. The maximum atomic E-state index is 12.5. The molecule has 0 fully saturated rings. The van der Waals surface area contributed by atoms with E-state index in [-0.39, 0.29) is 18.5 Å². The molecule has 0 rings (SSSR count). The lowest BCUT2D eigenvalue weighted by Crippen LogP contribution is -2.45. The van der Waals surface area contributed by atoms with Crippen LogP contribution in [-0.2, 0) is 14.3 Å². The predicted octanol–water partition coefficient (Wildman–Crippen LogP) is 23.7. The zero-order chi connectivity index (χ0) is 57.8. The number of hydrogen-bond acceptors (Lipinski definition) is 5. The summed E-state index contributed by atoms with van der Waals surface area (Å²) in [6, 6.07) is -0.624. The first-order chi connectivity index (χ1) is 39.5. The normalized spacial score (nSPS) is 12.6. The molecule has 6 heteroatoms. The van der Waals surface area contributed by atoms with E-state index in [1.54, 1.807) is 6.08 Å². The van der Waals surface area contributed by atoms with Gasteiger partial charge in [-0.25, -0.2) is 0 Å². The molecule has 2 atom stereocenters. The summed E-state index contributed by atoms with van der Waals surface area (Å²) < 4.78 is 5.51. The Morgan fingerprint density at radius 3 is 0.887 bits per heavy atom. The van der Waals surface area contributed by atoms with Gasteiger partial charge in [0.05, 0.1) is 25.4 Å². The van der Waals surface area contributed by atoms with Crippen molar-refractivity contribution in [3.05, 3.63) is 24.3 Å². The number of aliphatic hydroxyl groups excluding tert-OH is 2. The quantitative estimate of drug-likeness (QED) is 0.0320. The van der Waals surface area contributed by atoms with E-state index < -0.39 is 12.1 Å². The molecule has 474 valence electrons. The molecule has 0 bridgehead atoms. The number of allylic oxidation sites excluding steroid dienone is 3. The van der Waals surface area contributed by atoms with Crippen molar-refractivity contribution >= 4 is 11.9 Å². The Morgan fingerprint density at radius 1 is 0.338 bits per heavy atom. The van der Waals surface area contributed by atoms with Gasteiger partial charge in [-0.1, -0.05) is 366 Å². The number of unbranched alkanes of at least 4 members (excludes halogenated alkanes) is 56. The lowest BCUT2D eigenvalue weighted by atomic mass is 10.0. The molecule has 0 heterocycles. The molecule has 0 aromatic rings. The molecule has 1 amide bonds. The molecule has 6 nitrogen and oxygen atoms in total. The summed E-state index contributed by atoms with van der Waals surface area (Å²) in [7, 11) is 0. The van der Waals surface area contributed by atoms with Crippen LogP contribution >= 0.6 is 0 Å². The summed E-state index contributed by atoms with van der Waals surface area (Å²) in [5.41, 5.74) is 0. The number of hydrogen-bond donors (Lipinski definition) is 3. The van der Waals surface area contributed by atoms with E-state index >= 15 is 0 Å². The van der Waals surface area contributed by atoms with E-state index in [1.165, 1.54) is 340 Å². The summed E-state index contributed by atoms with van der Waals surface area (Å²) in [6.45, 7) is 4.94. The molecule has 0 aromatic carbocycles. The van der Waals surface area contributed by atoms with Gasteiger partial charge >= 0.3 is 5.97 Å². The highest BCUT2D eigenvalue weighted by molar-refractivity contribution is 5.76. The van der Waals surface area contributed by atoms with Gasteiger partial charge in [0.1, 0.15) is 0 Å². The number of aliphatic hydroxyl groups is 2. The highest BCUT2D eigenvalue weighted by atomic mass is 16.5. The van der Waals surface area contributed by atoms with Gasteiger partial charge in [-0.15, -0.1) is 0 Å². The first-order valence-corrected chi connectivity index (χ1v) is 36.6. The van der Waals surface area contributed by atoms with E-state index in [4.69, 9.17) is 4.74 Å². The van der Waals surface area contributed by atoms with Gasteiger partial charge < -0.3 is 20.3 Å². The van der Waals surface area contributed by atoms with Crippen LogP contribution in [0.5, 0.6) is 0 Å². The Labute approximate surface area is 501 Å². The molecule has 0 radical (unpaired) electrons. The summed E-state index contributed by atoms with van der Waals surface area (Å²) in [6.07, 6.45) is 88.5. The minimum atomic E-state index is -0.841. The van der Waals surface area contributed by atoms with Crippen molar-refractivity contribution in [2.45, 2.75) is 424 Å². The monoisotopic (exact) mass is 1130 g/mol. The Bertz CT molecular complexity index is 1250. The average molecular weight is 1130 g/mol. The van der Waals surface area contributed by atoms with Gasteiger partial charge in [-0.05, 0) is 57.8 Å². The van der Waals surface area contributed by atoms with Crippen molar-refractivity contribution in [2.75, 3.05) is 13.2 Å². The van der Waals surface area contributed by atoms with Gasteiger partial charge in [0.25, 0.3) is 0 Å². The molecule has 0 saturated carbocycles. The van der Waals surface area contributed by atoms with E-state index in [1.807, 2.05) is 6.08 Å². The number of rotatable bonds is 69. The van der Waals surface area contributed by atoms with Crippen LogP contribution < -0.4 is 5.32 Å². The molecule has 0 aliphatic rings. The molecular weight excluding hydrogens is 983 g/mol. The van der Waals surface area contributed by atoms with Crippen molar-refractivity contribution in [3.8, 4) is 0 Å². The second-order valence-corrected chi connectivity index (χ2v) is 25.3. The van der Waals surface area contributed by atoms with Crippen LogP contribution in [0.15, 0.2) is 24.3 Å². The number of nitrogens with one attached hydrogen (secondary N) is 1.